The summed E-state index contributed by atoms with van der Waals surface area (Å²) in [5, 5.41) is 2.58. The van der Waals surface area contributed by atoms with Crippen LogP contribution in [-0.4, -0.2) is 6.54 Å². The Kier molecular flexibility index (Phi) is 3.75. The van der Waals surface area contributed by atoms with Crippen LogP contribution < -0.4 is 5.32 Å². The van der Waals surface area contributed by atoms with Gasteiger partial charge >= 0.3 is 0 Å². The smallest absolute Gasteiger partial charge is 0.200 e. The van der Waals surface area contributed by atoms with Crippen LogP contribution in [0.25, 0.3) is 0 Å². The molecule has 0 aliphatic carbocycles. The fraction of sp³-hybridized carbons (Fsp3) is 0.333. The zero-order valence-corrected chi connectivity index (χ0v) is 8.61. The fourth-order valence-electron chi connectivity index (χ4n) is 1.46. The molecule has 0 unspecified atom stereocenters. The van der Waals surface area contributed by atoms with E-state index in [1.807, 2.05) is 0 Å². The third-order valence-electron chi connectivity index (χ3n) is 2.42. The summed E-state index contributed by atoms with van der Waals surface area (Å²) in [6.45, 7) is 0.504. The first kappa shape index (κ1) is 13.2. The molecule has 1 N–H and O–H groups in total. The zero-order chi connectivity index (χ0) is 11.2. The molecule has 7 heteroatoms. The lowest BCUT2D eigenvalue weighted by Gasteiger charge is -2.28. The Morgan fingerprint density at radius 1 is 0.812 bits per heavy atom. The monoisotopic (exact) mass is 259 g/mol. The van der Waals surface area contributed by atoms with Gasteiger partial charge in [-0.15, -0.1) is 12.4 Å². The van der Waals surface area contributed by atoms with Gasteiger partial charge in [0, 0.05) is 11.6 Å². The van der Waals surface area contributed by atoms with Crippen molar-refractivity contribution in [1.82, 2.24) is 5.32 Å². The number of nitrogens with one attached hydrogen (secondary N) is 1. The van der Waals surface area contributed by atoms with Crippen LogP contribution >= 0.6 is 12.4 Å². The minimum Gasteiger partial charge on any atom is -0.310 e. The van der Waals surface area contributed by atoms with E-state index >= 15 is 0 Å². The topological polar surface area (TPSA) is 12.0 Å². The molecule has 0 radical (unpaired) electrons. The van der Waals surface area contributed by atoms with E-state index in [2.05, 4.69) is 5.32 Å². The van der Waals surface area contributed by atoms with E-state index in [1.54, 1.807) is 0 Å². The van der Waals surface area contributed by atoms with E-state index in [0.717, 1.165) is 0 Å². The van der Waals surface area contributed by atoms with Crippen LogP contribution in [0, 0.1) is 29.1 Å². The first-order chi connectivity index (χ1) is 7.04. The highest BCUT2D eigenvalue weighted by molar-refractivity contribution is 5.85. The molecule has 1 aliphatic rings. The summed E-state index contributed by atoms with van der Waals surface area (Å²) in [5.41, 5.74) is -0.766. The van der Waals surface area contributed by atoms with E-state index in [4.69, 9.17) is 0 Å². The predicted molar refractivity (Wildman–Crippen MR) is 48.8 cm³/mol. The Hall–Kier alpha value is -0.880. The Morgan fingerprint density at radius 3 is 1.50 bits per heavy atom. The van der Waals surface area contributed by atoms with E-state index in [-0.39, 0.29) is 12.4 Å². The summed E-state index contributed by atoms with van der Waals surface area (Å²) in [7, 11) is 0. The first-order valence-corrected chi connectivity index (χ1v) is 4.28. The molecule has 1 aliphatic heterocycles. The van der Waals surface area contributed by atoms with Crippen LogP contribution in [-0.2, 0) is 0 Å². The molecule has 0 aromatic heterocycles. The highest BCUT2D eigenvalue weighted by Crippen LogP contribution is 2.31. The molecule has 1 nitrogen and oxygen atoms in total. The molecule has 1 aromatic rings. The van der Waals surface area contributed by atoms with E-state index < -0.39 is 40.7 Å². The van der Waals surface area contributed by atoms with Crippen LogP contribution in [0.3, 0.4) is 0 Å². The van der Waals surface area contributed by atoms with Crippen molar-refractivity contribution in [3.63, 3.8) is 0 Å². The van der Waals surface area contributed by atoms with Crippen molar-refractivity contribution in [1.29, 1.82) is 0 Å². The van der Waals surface area contributed by atoms with Gasteiger partial charge in [-0.1, -0.05) is 0 Å². The molecular formula is C9H7ClF5N. The Morgan fingerprint density at radius 2 is 1.19 bits per heavy atom. The van der Waals surface area contributed by atoms with Gasteiger partial charge in [0.15, 0.2) is 23.3 Å². The van der Waals surface area contributed by atoms with Gasteiger partial charge in [-0.2, -0.15) is 0 Å². The van der Waals surface area contributed by atoms with Crippen molar-refractivity contribution in [2.24, 2.45) is 0 Å². The molecule has 1 heterocycles. The fourth-order valence-corrected chi connectivity index (χ4v) is 1.46. The number of hydrogen-bond acceptors (Lipinski definition) is 1. The average molecular weight is 260 g/mol. The highest BCUT2D eigenvalue weighted by atomic mass is 35.5. The van der Waals surface area contributed by atoms with Crippen molar-refractivity contribution in [3.05, 3.63) is 34.6 Å². The number of hydrogen-bond donors (Lipinski definition) is 1. The van der Waals surface area contributed by atoms with Crippen LogP contribution in [0.4, 0.5) is 22.0 Å². The molecule has 0 bridgehead atoms. The maximum Gasteiger partial charge on any atom is 0.200 e. The Bertz CT molecular complexity index is 390. The highest BCUT2D eigenvalue weighted by Gasteiger charge is 2.32. The zero-order valence-electron chi connectivity index (χ0n) is 7.79. The van der Waals surface area contributed by atoms with Crippen molar-refractivity contribution >= 4 is 12.4 Å². The molecular weight excluding hydrogens is 253 g/mol. The molecule has 1 fully saturated rings. The molecule has 1 aromatic carbocycles. The molecule has 1 atom stereocenters. The van der Waals surface area contributed by atoms with Gasteiger partial charge in [-0.25, -0.2) is 22.0 Å². The van der Waals surface area contributed by atoms with Crippen molar-refractivity contribution < 1.29 is 22.0 Å². The standard InChI is InChI=1S/C9H6F5N.ClH/c10-5-4(3-1-2-15-3)6(11)8(13)9(14)7(5)12;/h3,15H,1-2H2;1H/t3-;/m0./s1. The quantitative estimate of drug-likeness (QED) is 0.465. The van der Waals surface area contributed by atoms with E-state index in [1.165, 1.54) is 0 Å². The van der Waals surface area contributed by atoms with Gasteiger partial charge in [0.1, 0.15) is 0 Å². The van der Waals surface area contributed by atoms with Crippen molar-refractivity contribution in [3.8, 4) is 0 Å². The van der Waals surface area contributed by atoms with Crippen molar-refractivity contribution in [2.75, 3.05) is 6.54 Å². The predicted octanol–water partition coefficient (Wildman–Crippen LogP) is 2.84. The normalized spacial score (nSPS) is 18.9. The van der Waals surface area contributed by atoms with E-state index in [0.29, 0.717) is 13.0 Å². The second-order valence-electron chi connectivity index (χ2n) is 3.28. The molecule has 0 amide bonds. The number of benzene rings is 1. The summed E-state index contributed by atoms with van der Waals surface area (Å²) in [5.74, 6) is -9.39. The van der Waals surface area contributed by atoms with Crippen molar-refractivity contribution in [2.45, 2.75) is 12.5 Å². The van der Waals surface area contributed by atoms with Gasteiger partial charge in [0.2, 0.25) is 5.82 Å². The summed E-state index contributed by atoms with van der Waals surface area (Å²) in [4.78, 5) is 0. The Labute approximate surface area is 94.1 Å². The molecule has 1 saturated heterocycles. The minimum absolute atomic E-state index is 0. The first-order valence-electron chi connectivity index (χ1n) is 4.28. The SMILES string of the molecule is Cl.Fc1c(F)c(F)c([C@@H]2CCN2)c(F)c1F. The van der Waals surface area contributed by atoms with Gasteiger partial charge in [-0.3, -0.25) is 0 Å². The van der Waals surface area contributed by atoms with Gasteiger partial charge in [0.25, 0.3) is 0 Å². The number of halogens is 6. The Balaban J connectivity index is 0.00000128. The molecule has 0 spiro atoms. The summed E-state index contributed by atoms with van der Waals surface area (Å²) >= 11 is 0. The van der Waals surface area contributed by atoms with Gasteiger partial charge < -0.3 is 5.32 Å². The summed E-state index contributed by atoms with van der Waals surface area (Å²) in [6, 6.07) is -0.783. The maximum absolute atomic E-state index is 13.1. The molecule has 16 heavy (non-hydrogen) atoms. The average Bonchev–Trinajstić information content (AvgIpc) is 2.15. The molecule has 2 rings (SSSR count). The molecule has 90 valence electrons. The maximum atomic E-state index is 13.1. The van der Waals surface area contributed by atoms with Gasteiger partial charge in [0.05, 0.1) is 0 Å². The van der Waals surface area contributed by atoms with E-state index in [9.17, 15) is 22.0 Å². The van der Waals surface area contributed by atoms with Crippen LogP contribution in [0.15, 0.2) is 0 Å². The van der Waals surface area contributed by atoms with Gasteiger partial charge in [-0.05, 0) is 13.0 Å². The van der Waals surface area contributed by atoms with Crippen LogP contribution in [0.5, 0.6) is 0 Å². The summed E-state index contributed by atoms with van der Waals surface area (Å²) in [6.07, 6.45) is 0.359. The third kappa shape index (κ3) is 1.76. The summed E-state index contributed by atoms with van der Waals surface area (Å²) < 4.78 is 64.3. The van der Waals surface area contributed by atoms with Crippen LogP contribution in [0.2, 0.25) is 0 Å². The molecule has 0 saturated carbocycles. The lowest BCUT2D eigenvalue weighted by atomic mass is 9.96. The second kappa shape index (κ2) is 4.55. The van der Waals surface area contributed by atoms with Crippen LogP contribution in [0.1, 0.15) is 18.0 Å². The lowest BCUT2D eigenvalue weighted by molar-refractivity contribution is 0.319. The second-order valence-corrected chi connectivity index (χ2v) is 3.28. The number of rotatable bonds is 1. The minimum atomic E-state index is -2.12. The lowest BCUT2D eigenvalue weighted by Crippen LogP contribution is -2.36. The third-order valence-corrected chi connectivity index (χ3v) is 2.42. The largest absolute Gasteiger partial charge is 0.310 e.